The third-order valence-electron chi connectivity index (χ3n) is 2.17. The molecule has 0 spiro atoms. The highest BCUT2D eigenvalue weighted by atomic mass is 19.4. The van der Waals surface area contributed by atoms with Gasteiger partial charge in [-0.2, -0.15) is 27.2 Å². The highest BCUT2D eigenvalue weighted by molar-refractivity contribution is 5.28. The second-order valence-corrected chi connectivity index (χ2v) is 3.43. The molecule has 0 aliphatic heterocycles. The van der Waals surface area contributed by atoms with E-state index in [1.165, 1.54) is 6.07 Å². The fourth-order valence-corrected chi connectivity index (χ4v) is 1.29. The molecule has 17 heavy (non-hydrogen) atoms. The maximum Gasteiger partial charge on any atom is 0.458 e. The molecule has 1 nitrogen and oxygen atoms in total. The van der Waals surface area contributed by atoms with Gasteiger partial charge in [0.05, 0.1) is 6.07 Å². The van der Waals surface area contributed by atoms with Gasteiger partial charge in [0.2, 0.25) is 0 Å². The summed E-state index contributed by atoms with van der Waals surface area (Å²) in [7, 11) is 0. The summed E-state index contributed by atoms with van der Waals surface area (Å²) in [6.45, 7) is 0. The second-order valence-electron chi connectivity index (χ2n) is 3.43. The number of halogens is 5. The first-order valence-corrected chi connectivity index (χ1v) is 4.70. The molecule has 0 unspecified atom stereocenters. The predicted octanol–water partition coefficient (Wildman–Crippen LogP) is 3.80. The highest BCUT2D eigenvalue weighted by Crippen LogP contribution is 2.43. The van der Waals surface area contributed by atoms with E-state index in [1.54, 1.807) is 6.07 Å². The summed E-state index contributed by atoms with van der Waals surface area (Å²) in [5.74, 6) is -4.87. The van der Waals surface area contributed by atoms with Gasteiger partial charge in [0, 0.05) is 12.0 Å². The molecule has 0 amide bonds. The topological polar surface area (TPSA) is 23.8 Å². The first kappa shape index (κ1) is 13.4. The molecular weight excluding hydrogens is 241 g/mol. The summed E-state index contributed by atoms with van der Waals surface area (Å²) in [5.41, 5.74) is -0.812. The summed E-state index contributed by atoms with van der Waals surface area (Å²) in [6, 6.07) is 5.84. The van der Waals surface area contributed by atoms with Crippen molar-refractivity contribution >= 4 is 0 Å². The van der Waals surface area contributed by atoms with Crippen molar-refractivity contribution in [1.82, 2.24) is 0 Å². The summed E-state index contributed by atoms with van der Waals surface area (Å²) in [5, 5.41) is 8.31. The van der Waals surface area contributed by atoms with Crippen LogP contribution in [0.15, 0.2) is 24.3 Å². The standard InChI is InChI=1S/C11H8F5N/c12-10(13,11(14,15)16)9-5-1-3-8(7-9)4-2-6-17/h1,3,5,7H,2,4H2. The number of nitriles is 1. The molecule has 1 rings (SSSR count). The third-order valence-corrected chi connectivity index (χ3v) is 2.17. The van der Waals surface area contributed by atoms with Crippen molar-refractivity contribution in [2.24, 2.45) is 0 Å². The van der Waals surface area contributed by atoms with E-state index in [1.807, 2.05) is 0 Å². The van der Waals surface area contributed by atoms with Crippen LogP contribution in [-0.2, 0) is 12.3 Å². The van der Waals surface area contributed by atoms with Crippen molar-refractivity contribution in [2.45, 2.75) is 24.9 Å². The lowest BCUT2D eigenvalue weighted by Gasteiger charge is -2.20. The Kier molecular flexibility index (Phi) is 3.71. The molecule has 0 atom stereocenters. The molecule has 1 aromatic carbocycles. The van der Waals surface area contributed by atoms with Gasteiger partial charge < -0.3 is 0 Å². The molecule has 0 bridgehead atoms. The van der Waals surface area contributed by atoms with Crippen LogP contribution in [0.2, 0.25) is 0 Å². The van der Waals surface area contributed by atoms with Crippen molar-refractivity contribution in [1.29, 1.82) is 5.26 Å². The lowest BCUT2D eigenvalue weighted by Crippen LogP contribution is -2.33. The van der Waals surface area contributed by atoms with E-state index in [4.69, 9.17) is 5.26 Å². The Labute approximate surface area is 94.5 Å². The SMILES string of the molecule is N#CCCc1cccc(C(F)(F)C(F)(F)F)c1. The summed E-state index contributed by atoms with van der Waals surface area (Å²) in [4.78, 5) is 0. The minimum absolute atomic E-state index is 0.0705. The molecule has 0 heterocycles. The van der Waals surface area contributed by atoms with Gasteiger partial charge in [-0.05, 0) is 18.1 Å². The number of hydrogen-bond acceptors (Lipinski definition) is 1. The summed E-state index contributed by atoms with van der Waals surface area (Å²) < 4.78 is 62.3. The lowest BCUT2D eigenvalue weighted by molar-refractivity contribution is -0.289. The van der Waals surface area contributed by atoms with E-state index in [9.17, 15) is 22.0 Å². The Morgan fingerprint density at radius 3 is 2.29 bits per heavy atom. The first-order valence-electron chi connectivity index (χ1n) is 4.70. The zero-order chi connectivity index (χ0) is 13.1. The molecule has 0 radical (unpaired) electrons. The first-order chi connectivity index (χ1) is 7.79. The van der Waals surface area contributed by atoms with E-state index in [0.29, 0.717) is 0 Å². The maximum atomic E-state index is 13.0. The van der Waals surface area contributed by atoms with Crippen molar-refractivity contribution < 1.29 is 22.0 Å². The van der Waals surface area contributed by atoms with Gasteiger partial charge in [0.15, 0.2) is 0 Å². The molecule has 0 aliphatic carbocycles. The van der Waals surface area contributed by atoms with E-state index in [0.717, 1.165) is 18.2 Å². The molecule has 0 aromatic heterocycles. The Morgan fingerprint density at radius 1 is 1.12 bits per heavy atom. The molecule has 92 valence electrons. The Hall–Kier alpha value is -1.64. The summed E-state index contributed by atoms with van der Waals surface area (Å²) in [6.07, 6.45) is -5.39. The van der Waals surface area contributed by atoms with Crippen molar-refractivity contribution in [2.75, 3.05) is 0 Å². The van der Waals surface area contributed by atoms with Gasteiger partial charge in [0.1, 0.15) is 0 Å². The summed E-state index contributed by atoms with van der Waals surface area (Å²) >= 11 is 0. The molecule has 0 fully saturated rings. The van der Waals surface area contributed by atoms with Gasteiger partial charge in [-0.1, -0.05) is 18.2 Å². The largest absolute Gasteiger partial charge is 0.458 e. The minimum Gasteiger partial charge on any atom is -0.198 e. The van der Waals surface area contributed by atoms with Crippen LogP contribution < -0.4 is 0 Å². The second kappa shape index (κ2) is 4.70. The Balaban J connectivity index is 3.04. The molecule has 0 saturated heterocycles. The maximum absolute atomic E-state index is 13.0. The molecular formula is C11H8F5N. The van der Waals surface area contributed by atoms with Crippen LogP contribution in [0.5, 0.6) is 0 Å². The van der Waals surface area contributed by atoms with E-state index >= 15 is 0 Å². The highest BCUT2D eigenvalue weighted by Gasteiger charge is 2.58. The van der Waals surface area contributed by atoms with Crippen LogP contribution in [0, 0.1) is 11.3 Å². The Morgan fingerprint density at radius 2 is 1.76 bits per heavy atom. The third kappa shape index (κ3) is 2.93. The van der Waals surface area contributed by atoms with Crippen LogP contribution >= 0.6 is 0 Å². The lowest BCUT2D eigenvalue weighted by atomic mass is 10.0. The minimum atomic E-state index is -5.61. The van der Waals surface area contributed by atoms with E-state index in [2.05, 4.69) is 0 Å². The van der Waals surface area contributed by atoms with Gasteiger partial charge in [-0.25, -0.2) is 0 Å². The van der Waals surface area contributed by atoms with Crippen molar-refractivity contribution in [3.8, 4) is 6.07 Å². The van der Waals surface area contributed by atoms with Crippen LogP contribution in [0.1, 0.15) is 17.5 Å². The quantitative estimate of drug-likeness (QED) is 0.747. The number of hydrogen-bond donors (Lipinski definition) is 0. The molecule has 0 aliphatic rings. The van der Waals surface area contributed by atoms with Gasteiger partial charge in [0.25, 0.3) is 0 Å². The fraction of sp³-hybridized carbons (Fsp3) is 0.364. The van der Waals surface area contributed by atoms with Gasteiger partial charge >= 0.3 is 12.1 Å². The normalized spacial score (nSPS) is 12.2. The van der Waals surface area contributed by atoms with Crippen LogP contribution in [0.3, 0.4) is 0 Å². The van der Waals surface area contributed by atoms with E-state index < -0.39 is 17.7 Å². The van der Waals surface area contributed by atoms with Gasteiger partial charge in [-0.15, -0.1) is 0 Å². The monoisotopic (exact) mass is 249 g/mol. The van der Waals surface area contributed by atoms with Gasteiger partial charge in [-0.3, -0.25) is 0 Å². The van der Waals surface area contributed by atoms with Crippen LogP contribution in [-0.4, -0.2) is 6.18 Å². The van der Waals surface area contributed by atoms with Crippen molar-refractivity contribution in [3.63, 3.8) is 0 Å². The number of aryl methyl sites for hydroxylation is 1. The average Bonchev–Trinajstić information content (AvgIpc) is 2.25. The number of rotatable bonds is 3. The molecule has 0 saturated carbocycles. The number of benzene rings is 1. The molecule has 0 N–H and O–H groups in total. The van der Waals surface area contributed by atoms with E-state index in [-0.39, 0.29) is 18.4 Å². The number of nitrogens with zero attached hydrogens (tertiary/aromatic N) is 1. The predicted molar refractivity (Wildman–Crippen MR) is 50.3 cm³/mol. The smallest absolute Gasteiger partial charge is 0.198 e. The zero-order valence-corrected chi connectivity index (χ0v) is 8.56. The molecule has 1 aromatic rings. The fourth-order valence-electron chi connectivity index (χ4n) is 1.29. The van der Waals surface area contributed by atoms with Crippen LogP contribution in [0.4, 0.5) is 22.0 Å². The van der Waals surface area contributed by atoms with Crippen molar-refractivity contribution in [3.05, 3.63) is 35.4 Å². The zero-order valence-electron chi connectivity index (χ0n) is 8.56. The molecule has 6 heteroatoms. The average molecular weight is 249 g/mol. The number of alkyl halides is 5. The Bertz CT molecular complexity index is 430. The van der Waals surface area contributed by atoms with Crippen LogP contribution in [0.25, 0.3) is 0 Å².